The number of anilines is 1. The third-order valence-corrected chi connectivity index (χ3v) is 3.71. The lowest BCUT2D eigenvalue weighted by atomic mass is 10.1. The van der Waals surface area contributed by atoms with Crippen LogP contribution in [0.5, 0.6) is 11.5 Å². The van der Waals surface area contributed by atoms with Crippen molar-refractivity contribution >= 4 is 11.7 Å². The molecule has 134 valence electrons. The van der Waals surface area contributed by atoms with E-state index in [9.17, 15) is 4.79 Å². The predicted molar refractivity (Wildman–Crippen MR) is 101 cm³/mol. The molecule has 0 bridgehead atoms. The average molecular weight is 342 g/mol. The van der Waals surface area contributed by atoms with Gasteiger partial charge in [-0.1, -0.05) is 25.1 Å². The van der Waals surface area contributed by atoms with E-state index in [0.29, 0.717) is 24.6 Å². The Morgan fingerprint density at radius 2 is 1.88 bits per heavy atom. The van der Waals surface area contributed by atoms with Crippen LogP contribution in [0.25, 0.3) is 0 Å². The summed E-state index contributed by atoms with van der Waals surface area (Å²) < 4.78 is 10.8. The van der Waals surface area contributed by atoms with Gasteiger partial charge in [0.2, 0.25) is 0 Å². The number of hydrogen-bond donors (Lipinski definition) is 2. The standard InChI is InChI=1S/C20H26N2O3/c1-4-13-25-19-14-15(2)5-10-18(19)22-20(23)21-12-11-16-6-8-17(24-3)9-7-16/h5-10,14H,4,11-13H2,1-3H3,(H2,21,22,23). The quantitative estimate of drug-likeness (QED) is 0.757. The van der Waals surface area contributed by atoms with Gasteiger partial charge in [0.1, 0.15) is 11.5 Å². The number of benzene rings is 2. The molecule has 0 saturated heterocycles. The minimum atomic E-state index is -0.237. The summed E-state index contributed by atoms with van der Waals surface area (Å²) in [6, 6.07) is 13.3. The molecule has 0 aliphatic carbocycles. The maximum atomic E-state index is 12.1. The zero-order chi connectivity index (χ0) is 18.1. The molecule has 25 heavy (non-hydrogen) atoms. The summed E-state index contributed by atoms with van der Waals surface area (Å²) in [4.78, 5) is 12.1. The van der Waals surface area contributed by atoms with E-state index in [-0.39, 0.29) is 6.03 Å². The van der Waals surface area contributed by atoms with E-state index in [2.05, 4.69) is 17.6 Å². The van der Waals surface area contributed by atoms with Crippen LogP contribution in [-0.2, 0) is 6.42 Å². The highest BCUT2D eigenvalue weighted by atomic mass is 16.5. The van der Waals surface area contributed by atoms with Crippen LogP contribution in [0, 0.1) is 6.92 Å². The second-order valence-electron chi connectivity index (χ2n) is 5.83. The third-order valence-electron chi connectivity index (χ3n) is 3.71. The Morgan fingerprint density at radius 1 is 1.12 bits per heavy atom. The van der Waals surface area contributed by atoms with Crippen molar-refractivity contribution in [3.8, 4) is 11.5 Å². The summed E-state index contributed by atoms with van der Waals surface area (Å²) in [5, 5.41) is 5.73. The van der Waals surface area contributed by atoms with Gasteiger partial charge in [-0.3, -0.25) is 0 Å². The molecule has 0 spiro atoms. The molecular formula is C20H26N2O3. The van der Waals surface area contributed by atoms with Crippen LogP contribution in [0.3, 0.4) is 0 Å². The van der Waals surface area contributed by atoms with Gasteiger partial charge in [-0.2, -0.15) is 0 Å². The van der Waals surface area contributed by atoms with Crippen molar-refractivity contribution in [2.45, 2.75) is 26.7 Å². The van der Waals surface area contributed by atoms with E-state index in [0.717, 1.165) is 29.7 Å². The van der Waals surface area contributed by atoms with E-state index in [1.54, 1.807) is 7.11 Å². The molecule has 0 aliphatic heterocycles. The fourth-order valence-electron chi connectivity index (χ4n) is 2.34. The minimum Gasteiger partial charge on any atom is -0.497 e. The van der Waals surface area contributed by atoms with E-state index in [1.165, 1.54) is 0 Å². The van der Waals surface area contributed by atoms with Crippen molar-refractivity contribution < 1.29 is 14.3 Å². The van der Waals surface area contributed by atoms with Crippen molar-refractivity contribution in [3.05, 3.63) is 53.6 Å². The largest absolute Gasteiger partial charge is 0.497 e. The fraction of sp³-hybridized carbons (Fsp3) is 0.350. The Morgan fingerprint density at radius 3 is 2.56 bits per heavy atom. The number of hydrogen-bond acceptors (Lipinski definition) is 3. The van der Waals surface area contributed by atoms with Gasteiger partial charge in [-0.05, 0) is 55.2 Å². The number of carbonyl (C=O) groups is 1. The predicted octanol–water partition coefficient (Wildman–Crippen LogP) is 4.16. The van der Waals surface area contributed by atoms with Crippen molar-refractivity contribution in [2.75, 3.05) is 25.6 Å². The molecule has 0 aliphatic rings. The van der Waals surface area contributed by atoms with Gasteiger partial charge in [-0.15, -0.1) is 0 Å². The van der Waals surface area contributed by atoms with Crippen LogP contribution in [0.1, 0.15) is 24.5 Å². The first-order chi connectivity index (χ1) is 12.1. The Labute approximate surface area is 149 Å². The minimum absolute atomic E-state index is 0.237. The molecule has 2 amide bonds. The van der Waals surface area contributed by atoms with Crippen LogP contribution in [0.15, 0.2) is 42.5 Å². The van der Waals surface area contributed by atoms with E-state index < -0.39 is 0 Å². The SMILES string of the molecule is CCCOc1cc(C)ccc1NC(=O)NCCc1ccc(OC)cc1. The molecule has 0 radical (unpaired) electrons. The summed E-state index contributed by atoms with van der Waals surface area (Å²) in [6.45, 7) is 5.22. The van der Waals surface area contributed by atoms with Gasteiger partial charge in [0.25, 0.3) is 0 Å². The first-order valence-electron chi connectivity index (χ1n) is 8.53. The van der Waals surface area contributed by atoms with Gasteiger partial charge < -0.3 is 20.1 Å². The lowest BCUT2D eigenvalue weighted by Crippen LogP contribution is -2.30. The fourth-order valence-corrected chi connectivity index (χ4v) is 2.34. The molecule has 0 atom stereocenters. The monoisotopic (exact) mass is 342 g/mol. The molecule has 2 aromatic rings. The number of methoxy groups -OCH3 is 1. The molecule has 0 saturated carbocycles. The van der Waals surface area contributed by atoms with Crippen LogP contribution in [-0.4, -0.2) is 26.3 Å². The average Bonchev–Trinajstić information content (AvgIpc) is 2.62. The number of aryl methyl sites for hydroxylation is 1. The van der Waals surface area contributed by atoms with Gasteiger partial charge in [0, 0.05) is 6.54 Å². The molecule has 0 unspecified atom stereocenters. The molecule has 5 nitrogen and oxygen atoms in total. The number of rotatable bonds is 8. The first kappa shape index (κ1) is 18.6. The molecule has 2 aromatic carbocycles. The summed E-state index contributed by atoms with van der Waals surface area (Å²) >= 11 is 0. The summed E-state index contributed by atoms with van der Waals surface area (Å²) in [5.41, 5.74) is 2.92. The number of nitrogens with one attached hydrogen (secondary N) is 2. The van der Waals surface area contributed by atoms with Crippen LogP contribution in [0.2, 0.25) is 0 Å². The normalized spacial score (nSPS) is 10.2. The van der Waals surface area contributed by atoms with Gasteiger partial charge in [0.15, 0.2) is 0 Å². The Bertz CT molecular complexity index is 684. The molecule has 0 aromatic heterocycles. The third kappa shape index (κ3) is 6.03. The van der Waals surface area contributed by atoms with Gasteiger partial charge in [0.05, 0.1) is 19.4 Å². The van der Waals surface area contributed by atoms with Crippen molar-refractivity contribution in [1.29, 1.82) is 0 Å². The number of ether oxygens (including phenoxy) is 2. The lowest BCUT2D eigenvalue weighted by molar-refractivity contribution is 0.252. The van der Waals surface area contributed by atoms with Crippen LogP contribution >= 0.6 is 0 Å². The van der Waals surface area contributed by atoms with Crippen molar-refractivity contribution in [1.82, 2.24) is 5.32 Å². The maximum Gasteiger partial charge on any atom is 0.319 e. The lowest BCUT2D eigenvalue weighted by Gasteiger charge is -2.13. The number of amides is 2. The zero-order valence-corrected chi connectivity index (χ0v) is 15.1. The highest BCUT2D eigenvalue weighted by Crippen LogP contribution is 2.25. The van der Waals surface area contributed by atoms with Crippen molar-refractivity contribution in [3.63, 3.8) is 0 Å². The van der Waals surface area contributed by atoms with E-state index >= 15 is 0 Å². The van der Waals surface area contributed by atoms with Crippen molar-refractivity contribution in [2.24, 2.45) is 0 Å². The number of urea groups is 1. The molecule has 0 heterocycles. The van der Waals surface area contributed by atoms with E-state index in [4.69, 9.17) is 9.47 Å². The van der Waals surface area contributed by atoms with Crippen LogP contribution < -0.4 is 20.1 Å². The smallest absolute Gasteiger partial charge is 0.319 e. The second kappa shape index (κ2) is 9.57. The van der Waals surface area contributed by atoms with Gasteiger partial charge >= 0.3 is 6.03 Å². The van der Waals surface area contributed by atoms with Gasteiger partial charge in [-0.25, -0.2) is 4.79 Å². The summed E-state index contributed by atoms with van der Waals surface area (Å²) in [6.07, 6.45) is 1.67. The summed E-state index contributed by atoms with van der Waals surface area (Å²) in [5.74, 6) is 1.53. The first-order valence-corrected chi connectivity index (χ1v) is 8.53. The molecule has 2 N–H and O–H groups in total. The van der Waals surface area contributed by atoms with E-state index in [1.807, 2.05) is 49.4 Å². The molecule has 0 fully saturated rings. The highest BCUT2D eigenvalue weighted by molar-refractivity contribution is 5.90. The second-order valence-corrected chi connectivity index (χ2v) is 5.83. The Kier molecular flexibility index (Phi) is 7.14. The maximum absolute atomic E-state index is 12.1. The zero-order valence-electron chi connectivity index (χ0n) is 15.1. The Hall–Kier alpha value is -2.69. The topological polar surface area (TPSA) is 59.6 Å². The number of carbonyl (C=O) groups excluding carboxylic acids is 1. The summed E-state index contributed by atoms with van der Waals surface area (Å²) in [7, 11) is 1.64. The molecule has 2 rings (SSSR count). The van der Waals surface area contributed by atoms with Crippen LogP contribution in [0.4, 0.5) is 10.5 Å². The molecular weight excluding hydrogens is 316 g/mol. The Balaban J connectivity index is 1.85. The highest BCUT2D eigenvalue weighted by Gasteiger charge is 2.08. The molecule has 5 heteroatoms.